The molecule has 0 spiro atoms. The first-order chi connectivity index (χ1) is 18.7. The number of rotatable bonds is 9. The van der Waals surface area contributed by atoms with Gasteiger partial charge in [0.2, 0.25) is 0 Å². The maximum Gasteiger partial charge on any atom is 0.274 e. The molecule has 0 aliphatic carbocycles. The second kappa shape index (κ2) is 11.8. The van der Waals surface area contributed by atoms with E-state index in [1.165, 1.54) is 0 Å². The van der Waals surface area contributed by atoms with Crippen LogP contribution < -0.4 is 19.7 Å². The van der Waals surface area contributed by atoms with Crippen LogP contribution in [0.5, 0.6) is 11.5 Å². The first-order valence-corrected chi connectivity index (χ1v) is 13.0. The van der Waals surface area contributed by atoms with E-state index >= 15 is 0 Å². The zero-order chi connectivity index (χ0) is 26.3. The van der Waals surface area contributed by atoms with Crippen LogP contribution in [0.15, 0.2) is 78.9 Å². The Morgan fingerprint density at radius 1 is 0.895 bits per heavy atom. The third-order valence-corrected chi connectivity index (χ3v) is 6.27. The second-order valence-electron chi connectivity index (χ2n) is 8.76. The Kier molecular flexibility index (Phi) is 7.89. The first kappa shape index (κ1) is 25.4. The minimum absolute atomic E-state index is 0.300. The highest BCUT2D eigenvalue weighted by atomic mass is 16.5. The van der Waals surface area contributed by atoms with Crippen LogP contribution in [0, 0.1) is 0 Å². The van der Waals surface area contributed by atoms with Gasteiger partial charge in [-0.1, -0.05) is 48.5 Å². The van der Waals surface area contributed by atoms with Gasteiger partial charge in [-0.3, -0.25) is 4.79 Å². The molecule has 3 aromatic carbocycles. The third-order valence-electron chi connectivity index (χ3n) is 6.27. The molecule has 1 aliphatic rings. The van der Waals surface area contributed by atoms with Crippen molar-refractivity contribution in [3.8, 4) is 28.4 Å². The van der Waals surface area contributed by atoms with Crippen LogP contribution >= 0.6 is 0 Å². The number of para-hydroxylation sites is 1. The smallest absolute Gasteiger partial charge is 0.274 e. The number of ether oxygens (including phenoxy) is 3. The van der Waals surface area contributed by atoms with Gasteiger partial charge in [0.1, 0.15) is 17.2 Å². The van der Waals surface area contributed by atoms with Gasteiger partial charge in [-0.05, 0) is 32.0 Å². The van der Waals surface area contributed by atoms with Crippen molar-refractivity contribution >= 4 is 17.3 Å². The maximum absolute atomic E-state index is 13.8. The van der Waals surface area contributed by atoms with Gasteiger partial charge in [-0.2, -0.15) is 5.10 Å². The molecule has 0 bridgehead atoms. The van der Waals surface area contributed by atoms with Crippen molar-refractivity contribution in [2.75, 3.05) is 49.7 Å². The van der Waals surface area contributed by atoms with Crippen molar-refractivity contribution in [1.82, 2.24) is 9.78 Å². The zero-order valence-corrected chi connectivity index (χ0v) is 21.7. The number of carbonyl (C=O) groups excluding carboxylic acids is 1. The van der Waals surface area contributed by atoms with Gasteiger partial charge in [-0.25, -0.2) is 4.68 Å². The lowest BCUT2D eigenvalue weighted by molar-refractivity contribution is 0.101. The number of carbonyl (C=O) groups is 1. The molecule has 1 fully saturated rings. The lowest BCUT2D eigenvalue weighted by Gasteiger charge is -2.31. The molecule has 4 aromatic rings. The molecule has 1 aromatic heterocycles. The Morgan fingerprint density at radius 2 is 1.55 bits per heavy atom. The first-order valence-electron chi connectivity index (χ1n) is 13.0. The van der Waals surface area contributed by atoms with Crippen molar-refractivity contribution in [3.05, 3.63) is 84.6 Å². The summed E-state index contributed by atoms with van der Waals surface area (Å²) < 4.78 is 19.2. The van der Waals surface area contributed by atoms with Crippen molar-refractivity contribution in [1.29, 1.82) is 0 Å². The van der Waals surface area contributed by atoms with Gasteiger partial charge in [0, 0.05) is 30.8 Å². The topological polar surface area (TPSA) is 77.8 Å². The van der Waals surface area contributed by atoms with E-state index in [1.807, 2.05) is 92.7 Å². The fourth-order valence-corrected chi connectivity index (χ4v) is 4.49. The lowest BCUT2D eigenvalue weighted by Crippen LogP contribution is -2.36. The highest BCUT2D eigenvalue weighted by molar-refractivity contribution is 6.05. The second-order valence-corrected chi connectivity index (χ2v) is 8.76. The quantitative estimate of drug-likeness (QED) is 0.322. The van der Waals surface area contributed by atoms with E-state index < -0.39 is 0 Å². The molecular formula is C30H32N4O4. The summed E-state index contributed by atoms with van der Waals surface area (Å²) in [7, 11) is 0. The van der Waals surface area contributed by atoms with E-state index in [1.54, 1.807) is 4.68 Å². The van der Waals surface area contributed by atoms with E-state index in [-0.39, 0.29) is 5.91 Å². The molecule has 196 valence electrons. The standard InChI is InChI=1S/C30H32N4O4/c1-3-37-28-21-26(33-15-17-36-18-16-33)29(38-4-2)20-25(28)31-30(35)27-19-24(22-11-7-5-8-12-22)32-34(27)23-13-9-6-10-14-23/h5-14,19-21H,3-4,15-18H2,1-2H3,(H,31,35). The van der Waals surface area contributed by atoms with Gasteiger partial charge in [-0.15, -0.1) is 0 Å². The van der Waals surface area contributed by atoms with E-state index in [9.17, 15) is 4.79 Å². The summed E-state index contributed by atoms with van der Waals surface area (Å²) >= 11 is 0. The van der Waals surface area contributed by atoms with E-state index in [2.05, 4.69) is 10.2 Å². The van der Waals surface area contributed by atoms with E-state index in [0.29, 0.717) is 55.0 Å². The fourth-order valence-electron chi connectivity index (χ4n) is 4.49. The Labute approximate surface area is 222 Å². The lowest BCUT2D eigenvalue weighted by atomic mass is 10.1. The van der Waals surface area contributed by atoms with Crippen LogP contribution in [-0.2, 0) is 4.74 Å². The molecule has 1 saturated heterocycles. The number of benzene rings is 3. The third kappa shape index (κ3) is 5.50. The molecule has 0 unspecified atom stereocenters. The number of amides is 1. The summed E-state index contributed by atoms with van der Waals surface area (Å²) in [5.41, 5.74) is 4.31. The van der Waals surface area contributed by atoms with Gasteiger partial charge >= 0.3 is 0 Å². The maximum atomic E-state index is 13.8. The van der Waals surface area contributed by atoms with Crippen LogP contribution in [0.25, 0.3) is 16.9 Å². The van der Waals surface area contributed by atoms with Crippen LogP contribution in [0.1, 0.15) is 24.3 Å². The number of hydrogen-bond acceptors (Lipinski definition) is 6. The SMILES string of the molecule is CCOc1cc(N2CCOCC2)c(OCC)cc1NC(=O)c1cc(-c2ccccc2)nn1-c1ccccc1. The molecule has 38 heavy (non-hydrogen) atoms. The van der Waals surface area contributed by atoms with Crippen molar-refractivity contribution in [3.63, 3.8) is 0 Å². The van der Waals surface area contributed by atoms with Crippen LogP contribution in [0.2, 0.25) is 0 Å². The van der Waals surface area contributed by atoms with Crippen LogP contribution in [0.4, 0.5) is 11.4 Å². The summed E-state index contributed by atoms with van der Waals surface area (Å²) in [4.78, 5) is 16.0. The largest absolute Gasteiger partial charge is 0.492 e. The van der Waals surface area contributed by atoms with E-state index in [0.717, 1.165) is 30.0 Å². The minimum Gasteiger partial charge on any atom is -0.492 e. The summed E-state index contributed by atoms with van der Waals surface area (Å²) in [5, 5.41) is 7.84. The Hall–Kier alpha value is -4.30. The monoisotopic (exact) mass is 512 g/mol. The summed E-state index contributed by atoms with van der Waals surface area (Å²) in [6, 6.07) is 25.1. The Balaban J connectivity index is 1.53. The molecule has 1 N–H and O–H groups in total. The fraction of sp³-hybridized carbons (Fsp3) is 0.267. The molecule has 1 amide bonds. The van der Waals surface area contributed by atoms with Gasteiger partial charge in [0.15, 0.2) is 0 Å². The molecule has 0 radical (unpaired) electrons. The van der Waals surface area contributed by atoms with Crippen LogP contribution in [-0.4, -0.2) is 55.2 Å². The highest BCUT2D eigenvalue weighted by Gasteiger charge is 2.23. The molecule has 8 heteroatoms. The molecule has 2 heterocycles. The average Bonchev–Trinajstić information content (AvgIpc) is 3.42. The number of aromatic nitrogens is 2. The number of hydrogen-bond donors (Lipinski definition) is 1. The number of nitrogens with one attached hydrogen (secondary N) is 1. The molecule has 8 nitrogen and oxygen atoms in total. The zero-order valence-electron chi connectivity index (χ0n) is 21.7. The molecule has 0 atom stereocenters. The van der Waals surface area contributed by atoms with Gasteiger partial charge in [0.25, 0.3) is 5.91 Å². The molecule has 5 rings (SSSR count). The Morgan fingerprint density at radius 3 is 2.24 bits per heavy atom. The van der Waals surface area contributed by atoms with Crippen molar-refractivity contribution in [2.24, 2.45) is 0 Å². The molecule has 0 saturated carbocycles. The number of morpholine rings is 1. The number of nitrogens with zero attached hydrogens (tertiary/aromatic N) is 3. The van der Waals surface area contributed by atoms with Gasteiger partial charge < -0.3 is 24.4 Å². The van der Waals surface area contributed by atoms with E-state index in [4.69, 9.17) is 19.3 Å². The molecular weight excluding hydrogens is 480 g/mol. The van der Waals surface area contributed by atoms with Gasteiger partial charge in [0.05, 0.1) is 49.2 Å². The van der Waals surface area contributed by atoms with Crippen molar-refractivity contribution in [2.45, 2.75) is 13.8 Å². The predicted octanol–water partition coefficient (Wildman–Crippen LogP) is 5.43. The average molecular weight is 513 g/mol. The molecule has 1 aliphatic heterocycles. The minimum atomic E-state index is -0.300. The number of anilines is 2. The Bertz CT molecular complexity index is 1370. The summed E-state index contributed by atoms with van der Waals surface area (Å²) in [5.74, 6) is 0.973. The van der Waals surface area contributed by atoms with Crippen LogP contribution in [0.3, 0.4) is 0 Å². The predicted molar refractivity (Wildman–Crippen MR) is 149 cm³/mol. The summed E-state index contributed by atoms with van der Waals surface area (Å²) in [6.45, 7) is 7.65. The normalized spacial score (nSPS) is 13.3. The van der Waals surface area contributed by atoms with Crippen molar-refractivity contribution < 1.29 is 19.0 Å². The summed E-state index contributed by atoms with van der Waals surface area (Å²) in [6.07, 6.45) is 0. The highest BCUT2D eigenvalue weighted by Crippen LogP contribution is 2.39.